The summed E-state index contributed by atoms with van der Waals surface area (Å²) in [4.78, 5) is 15.8. The van der Waals surface area contributed by atoms with Crippen LogP contribution in [0.15, 0.2) is 0 Å². The van der Waals surface area contributed by atoms with Gasteiger partial charge in [0, 0.05) is 19.6 Å². The highest BCUT2D eigenvalue weighted by atomic mass is 16.5. The van der Waals surface area contributed by atoms with Crippen molar-refractivity contribution < 1.29 is 9.53 Å². The van der Waals surface area contributed by atoms with Crippen molar-refractivity contribution in [3.63, 3.8) is 0 Å². The van der Waals surface area contributed by atoms with E-state index in [-0.39, 0.29) is 11.7 Å². The Morgan fingerprint density at radius 3 is 2.94 bits per heavy atom. The highest BCUT2D eigenvalue weighted by Gasteiger charge is 2.11. The van der Waals surface area contributed by atoms with Gasteiger partial charge in [0.1, 0.15) is 5.82 Å². The van der Waals surface area contributed by atoms with Crippen LogP contribution in [-0.2, 0) is 11.2 Å². The molecule has 1 aromatic heterocycles. The number of nitrogens with zero attached hydrogens (tertiary/aromatic N) is 2. The van der Waals surface area contributed by atoms with Gasteiger partial charge in [-0.3, -0.25) is 9.89 Å². The molecule has 0 aliphatic carbocycles. The zero-order chi connectivity index (χ0) is 13.4. The summed E-state index contributed by atoms with van der Waals surface area (Å²) in [7, 11) is 0. The van der Waals surface area contributed by atoms with Crippen LogP contribution in [0.25, 0.3) is 0 Å². The third kappa shape index (κ3) is 5.27. The second kappa shape index (κ2) is 7.81. The van der Waals surface area contributed by atoms with E-state index >= 15 is 0 Å². The molecule has 0 aliphatic heterocycles. The van der Waals surface area contributed by atoms with Gasteiger partial charge < -0.3 is 10.1 Å². The summed E-state index contributed by atoms with van der Waals surface area (Å²) in [6, 6.07) is 0. The normalized spacial score (nSPS) is 10.9. The van der Waals surface area contributed by atoms with Crippen LogP contribution in [0.5, 0.6) is 0 Å². The van der Waals surface area contributed by atoms with Gasteiger partial charge in [0.05, 0.1) is 6.61 Å². The summed E-state index contributed by atoms with van der Waals surface area (Å²) in [5.41, 5.74) is 0. The first kappa shape index (κ1) is 14.6. The number of hydrogen-bond donors (Lipinski definition) is 2. The zero-order valence-corrected chi connectivity index (χ0v) is 11.3. The third-order valence-corrected chi connectivity index (χ3v) is 2.20. The molecule has 0 aliphatic rings. The largest absolute Gasteiger partial charge is 0.379 e. The van der Waals surface area contributed by atoms with Crippen molar-refractivity contribution in [1.29, 1.82) is 0 Å². The number of carbonyl (C=O) groups excluding carboxylic acids is 1. The monoisotopic (exact) mass is 254 g/mol. The van der Waals surface area contributed by atoms with Crippen molar-refractivity contribution in [1.82, 2.24) is 20.5 Å². The van der Waals surface area contributed by atoms with Crippen LogP contribution in [0.2, 0.25) is 0 Å². The van der Waals surface area contributed by atoms with Gasteiger partial charge in [-0.15, -0.1) is 5.10 Å². The van der Waals surface area contributed by atoms with E-state index in [4.69, 9.17) is 4.74 Å². The number of aromatic nitrogens is 3. The number of aromatic amines is 1. The number of amides is 1. The van der Waals surface area contributed by atoms with Crippen molar-refractivity contribution in [2.45, 2.75) is 33.6 Å². The van der Waals surface area contributed by atoms with E-state index in [1.165, 1.54) is 0 Å². The molecule has 0 fully saturated rings. The minimum absolute atomic E-state index is 0.197. The molecule has 2 N–H and O–H groups in total. The molecule has 1 heterocycles. The Kier molecular flexibility index (Phi) is 6.35. The molecular weight excluding hydrogens is 232 g/mol. The van der Waals surface area contributed by atoms with E-state index in [1.807, 2.05) is 6.92 Å². The van der Waals surface area contributed by atoms with Crippen LogP contribution in [-0.4, -0.2) is 40.8 Å². The lowest BCUT2D eigenvalue weighted by Crippen LogP contribution is -2.28. The summed E-state index contributed by atoms with van der Waals surface area (Å²) in [5.74, 6) is 1.19. The lowest BCUT2D eigenvalue weighted by Gasteiger charge is -2.06. The van der Waals surface area contributed by atoms with Crippen molar-refractivity contribution in [3.05, 3.63) is 11.6 Å². The van der Waals surface area contributed by atoms with Gasteiger partial charge in [0.25, 0.3) is 5.91 Å². The number of aryl methyl sites for hydroxylation is 1. The Bertz CT molecular complexity index is 363. The molecule has 0 radical (unpaired) electrons. The van der Waals surface area contributed by atoms with E-state index in [0.717, 1.165) is 18.7 Å². The molecule has 102 valence electrons. The molecule has 0 bridgehead atoms. The topological polar surface area (TPSA) is 79.9 Å². The van der Waals surface area contributed by atoms with Crippen molar-refractivity contribution in [3.8, 4) is 0 Å². The molecule has 6 heteroatoms. The van der Waals surface area contributed by atoms with Crippen LogP contribution < -0.4 is 5.32 Å². The van der Waals surface area contributed by atoms with Gasteiger partial charge >= 0.3 is 0 Å². The second-order valence-corrected chi connectivity index (χ2v) is 4.58. The summed E-state index contributed by atoms with van der Waals surface area (Å²) in [5, 5.41) is 9.34. The van der Waals surface area contributed by atoms with Gasteiger partial charge in [-0.05, 0) is 12.3 Å². The molecule has 1 rings (SSSR count). The minimum Gasteiger partial charge on any atom is -0.379 e. The average Bonchev–Trinajstić information content (AvgIpc) is 2.77. The second-order valence-electron chi connectivity index (χ2n) is 4.58. The summed E-state index contributed by atoms with van der Waals surface area (Å²) >= 11 is 0. The molecule has 0 saturated carbocycles. The first-order chi connectivity index (χ1) is 8.63. The highest BCUT2D eigenvalue weighted by molar-refractivity contribution is 5.90. The first-order valence-corrected chi connectivity index (χ1v) is 6.40. The highest BCUT2D eigenvalue weighted by Crippen LogP contribution is 1.96. The standard InChI is InChI=1S/C12H22N4O2/c1-4-5-10-14-11(16-15-10)12(17)13-6-7-18-8-9(2)3/h9H,4-8H2,1-3H3,(H,13,17)(H,14,15,16). The Balaban J connectivity index is 2.23. The van der Waals surface area contributed by atoms with Crippen molar-refractivity contribution in [2.75, 3.05) is 19.8 Å². The predicted octanol–water partition coefficient (Wildman–Crippen LogP) is 1.16. The van der Waals surface area contributed by atoms with E-state index in [1.54, 1.807) is 0 Å². The first-order valence-electron chi connectivity index (χ1n) is 6.40. The fourth-order valence-corrected chi connectivity index (χ4v) is 1.38. The Morgan fingerprint density at radius 1 is 1.50 bits per heavy atom. The fraction of sp³-hybridized carbons (Fsp3) is 0.750. The molecule has 0 unspecified atom stereocenters. The molecule has 1 amide bonds. The van der Waals surface area contributed by atoms with Crippen molar-refractivity contribution >= 4 is 5.91 Å². The fourth-order valence-electron chi connectivity index (χ4n) is 1.38. The van der Waals surface area contributed by atoms with E-state index < -0.39 is 0 Å². The van der Waals surface area contributed by atoms with Gasteiger partial charge in [0.15, 0.2) is 0 Å². The summed E-state index contributed by atoms with van der Waals surface area (Å²) in [6.45, 7) is 7.91. The summed E-state index contributed by atoms with van der Waals surface area (Å²) in [6.07, 6.45) is 1.77. The van der Waals surface area contributed by atoms with Crippen LogP contribution in [0.4, 0.5) is 0 Å². The lowest BCUT2D eigenvalue weighted by molar-refractivity contribution is 0.0878. The molecular formula is C12H22N4O2. The smallest absolute Gasteiger partial charge is 0.291 e. The van der Waals surface area contributed by atoms with Gasteiger partial charge in [-0.2, -0.15) is 0 Å². The molecule has 0 aromatic carbocycles. The number of rotatable bonds is 8. The maximum absolute atomic E-state index is 11.6. The summed E-state index contributed by atoms with van der Waals surface area (Å²) < 4.78 is 5.36. The van der Waals surface area contributed by atoms with E-state index in [2.05, 4.69) is 34.3 Å². The van der Waals surface area contributed by atoms with Crippen LogP contribution in [0.1, 0.15) is 43.6 Å². The average molecular weight is 254 g/mol. The van der Waals surface area contributed by atoms with E-state index in [0.29, 0.717) is 25.7 Å². The van der Waals surface area contributed by atoms with Gasteiger partial charge in [0.2, 0.25) is 5.82 Å². The zero-order valence-electron chi connectivity index (χ0n) is 11.3. The Hall–Kier alpha value is -1.43. The maximum atomic E-state index is 11.6. The van der Waals surface area contributed by atoms with Gasteiger partial charge in [-0.25, -0.2) is 4.98 Å². The number of nitrogens with one attached hydrogen (secondary N) is 2. The molecule has 0 saturated heterocycles. The third-order valence-electron chi connectivity index (χ3n) is 2.20. The number of H-pyrrole nitrogens is 1. The SMILES string of the molecule is CCCc1nc(C(=O)NCCOCC(C)C)n[nH]1. The van der Waals surface area contributed by atoms with Crippen LogP contribution in [0.3, 0.4) is 0 Å². The van der Waals surface area contributed by atoms with Crippen LogP contribution >= 0.6 is 0 Å². The predicted molar refractivity (Wildman–Crippen MR) is 68.4 cm³/mol. The molecule has 1 aromatic rings. The van der Waals surface area contributed by atoms with Crippen molar-refractivity contribution in [2.24, 2.45) is 5.92 Å². The van der Waals surface area contributed by atoms with E-state index in [9.17, 15) is 4.79 Å². The lowest BCUT2D eigenvalue weighted by atomic mass is 10.2. The molecule has 6 nitrogen and oxygen atoms in total. The number of hydrogen-bond acceptors (Lipinski definition) is 4. The number of carbonyl (C=O) groups is 1. The quantitative estimate of drug-likeness (QED) is 0.682. The maximum Gasteiger partial charge on any atom is 0.291 e. The Labute approximate surface area is 108 Å². The molecule has 0 atom stereocenters. The molecule has 18 heavy (non-hydrogen) atoms. The van der Waals surface area contributed by atoms with Gasteiger partial charge in [-0.1, -0.05) is 20.8 Å². The van der Waals surface area contributed by atoms with Crippen LogP contribution in [0, 0.1) is 5.92 Å². The minimum atomic E-state index is -0.262. The molecule has 0 spiro atoms. The Morgan fingerprint density at radius 2 is 2.28 bits per heavy atom. The number of ether oxygens (including phenoxy) is 1.